The molecule has 4 rings (SSSR count). The summed E-state index contributed by atoms with van der Waals surface area (Å²) < 4.78 is 4.48. The molecule has 0 radical (unpaired) electrons. The van der Waals surface area contributed by atoms with Crippen molar-refractivity contribution in [3.05, 3.63) is 87.6 Å². The molecule has 1 atom stereocenters. The molecular formula is C27H29N5O2S. The SMILES string of the molecule is Cc1ccnc(NCc2nc(-c3ccc(CC(Nc4c(C)cc(C)cc4C)C(=O)O)cc3)ns2)c1. The third-order valence-corrected chi connectivity index (χ3v) is 6.46. The van der Waals surface area contributed by atoms with Crippen LogP contribution in [0.4, 0.5) is 11.5 Å². The van der Waals surface area contributed by atoms with Gasteiger partial charge in [0.2, 0.25) is 0 Å². The van der Waals surface area contributed by atoms with Gasteiger partial charge in [-0.2, -0.15) is 4.37 Å². The number of nitrogens with one attached hydrogen (secondary N) is 2. The van der Waals surface area contributed by atoms with Gasteiger partial charge in [-0.25, -0.2) is 14.8 Å². The second kappa shape index (κ2) is 10.7. The van der Waals surface area contributed by atoms with Crippen LogP contribution in [-0.2, 0) is 17.8 Å². The second-order valence-corrected chi connectivity index (χ2v) is 9.63. The lowest BCUT2D eigenvalue weighted by molar-refractivity contribution is -0.137. The molecule has 0 fully saturated rings. The number of hydrogen-bond acceptors (Lipinski definition) is 7. The van der Waals surface area contributed by atoms with Crippen molar-refractivity contribution in [1.82, 2.24) is 14.3 Å². The van der Waals surface area contributed by atoms with E-state index in [4.69, 9.17) is 0 Å². The molecule has 2 heterocycles. The molecule has 7 nitrogen and oxygen atoms in total. The molecule has 0 saturated heterocycles. The highest BCUT2D eigenvalue weighted by molar-refractivity contribution is 7.05. The van der Waals surface area contributed by atoms with Gasteiger partial charge in [-0.1, -0.05) is 42.0 Å². The number of aliphatic carboxylic acids is 1. The first-order chi connectivity index (χ1) is 16.8. The highest BCUT2D eigenvalue weighted by atomic mass is 32.1. The Bertz CT molecular complexity index is 1310. The second-order valence-electron chi connectivity index (χ2n) is 8.79. The molecule has 2 aromatic carbocycles. The summed E-state index contributed by atoms with van der Waals surface area (Å²) in [5.41, 5.74) is 7.10. The number of nitrogens with zero attached hydrogens (tertiary/aromatic N) is 3. The van der Waals surface area contributed by atoms with E-state index >= 15 is 0 Å². The number of benzene rings is 2. The lowest BCUT2D eigenvalue weighted by Crippen LogP contribution is -2.32. The van der Waals surface area contributed by atoms with E-state index in [0.29, 0.717) is 18.8 Å². The van der Waals surface area contributed by atoms with Crippen LogP contribution in [0.2, 0.25) is 0 Å². The van der Waals surface area contributed by atoms with Gasteiger partial charge < -0.3 is 15.7 Å². The number of pyridine rings is 1. The molecule has 0 spiro atoms. The number of anilines is 2. The summed E-state index contributed by atoms with van der Waals surface area (Å²) in [6.07, 6.45) is 2.14. The number of aryl methyl sites for hydroxylation is 4. The van der Waals surface area contributed by atoms with Crippen LogP contribution in [0.3, 0.4) is 0 Å². The minimum absolute atomic E-state index is 0.367. The van der Waals surface area contributed by atoms with Crippen molar-refractivity contribution in [3.63, 3.8) is 0 Å². The van der Waals surface area contributed by atoms with Crippen LogP contribution in [0, 0.1) is 27.7 Å². The molecule has 2 aromatic heterocycles. The average Bonchev–Trinajstić information content (AvgIpc) is 3.28. The van der Waals surface area contributed by atoms with Crippen molar-refractivity contribution >= 4 is 29.0 Å². The fourth-order valence-corrected chi connectivity index (χ4v) is 4.65. The Hall–Kier alpha value is -3.78. The molecule has 0 aliphatic carbocycles. The third-order valence-electron chi connectivity index (χ3n) is 5.75. The Morgan fingerprint density at radius 2 is 1.71 bits per heavy atom. The summed E-state index contributed by atoms with van der Waals surface area (Å²) in [5.74, 6) is 0.591. The number of hydrogen-bond donors (Lipinski definition) is 3. The van der Waals surface area contributed by atoms with E-state index in [1.165, 1.54) is 11.5 Å². The fourth-order valence-electron chi connectivity index (χ4n) is 4.05. The molecule has 1 unspecified atom stereocenters. The topological polar surface area (TPSA) is 100 Å². The molecule has 0 bridgehead atoms. The van der Waals surface area contributed by atoms with Crippen molar-refractivity contribution < 1.29 is 9.90 Å². The quantitative estimate of drug-likeness (QED) is 0.284. The molecule has 0 aliphatic heterocycles. The van der Waals surface area contributed by atoms with E-state index < -0.39 is 12.0 Å². The van der Waals surface area contributed by atoms with Gasteiger partial charge in [0.05, 0.1) is 6.54 Å². The van der Waals surface area contributed by atoms with Crippen molar-refractivity contribution in [2.24, 2.45) is 0 Å². The fraction of sp³-hybridized carbons (Fsp3) is 0.259. The van der Waals surface area contributed by atoms with Crippen molar-refractivity contribution in [3.8, 4) is 11.4 Å². The third kappa shape index (κ3) is 6.22. The van der Waals surface area contributed by atoms with Crippen LogP contribution < -0.4 is 10.6 Å². The Labute approximate surface area is 209 Å². The number of carboxylic acids is 1. The van der Waals surface area contributed by atoms with Crippen LogP contribution in [0.5, 0.6) is 0 Å². The van der Waals surface area contributed by atoms with Crippen LogP contribution >= 0.6 is 11.5 Å². The summed E-state index contributed by atoms with van der Waals surface area (Å²) in [7, 11) is 0. The van der Waals surface area contributed by atoms with Gasteiger partial charge >= 0.3 is 5.97 Å². The summed E-state index contributed by atoms with van der Waals surface area (Å²) >= 11 is 1.35. The first-order valence-electron chi connectivity index (χ1n) is 11.4. The molecule has 0 saturated carbocycles. The zero-order valence-electron chi connectivity index (χ0n) is 20.3. The van der Waals surface area contributed by atoms with Crippen molar-refractivity contribution in [1.29, 1.82) is 0 Å². The van der Waals surface area contributed by atoms with E-state index in [0.717, 1.165) is 49.9 Å². The molecule has 35 heavy (non-hydrogen) atoms. The normalized spacial score (nSPS) is 11.8. The molecule has 0 aliphatic rings. The Morgan fingerprint density at radius 1 is 1.00 bits per heavy atom. The maximum absolute atomic E-state index is 12.0. The zero-order chi connectivity index (χ0) is 24.9. The summed E-state index contributed by atoms with van der Waals surface area (Å²) in [6, 6.07) is 15.1. The van der Waals surface area contributed by atoms with E-state index in [9.17, 15) is 9.90 Å². The summed E-state index contributed by atoms with van der Waals surface area (Å²) in [6.45, 7) is 8.61. The number of carboxylic acid groups (broad SMARTS) is 1. The largest absolute Gasteiger partial charge is 0.480 e. The summed E-state index contributed by atoms with van der Waals surface area (Å²) in [4.78, 5) is 20.9. The Kier molecular flexibility index (Phi) is 7.41. The van der Waals surface area contributed by atoms with Gasteiger partial charge in [0.15, 0.2) is 5.82 Å². The molecular weight excluding hydrogens is 458 g/mol. The van der Waals surface area contributed by atoms with Crippen LogP contribution in [0.1, 0.15) is 32.8 Å². The first kappa shape index (κ1) is 24.3. The molecule has 8 heteroatoms. The van der Waals surface area contributed by atoms with Crippen LogP contribution in [0.15, 0.2) is 54.7 Å². The molecule has 4 aromatic rings. The minimum atomic E-state index is -0.880. The lowest BCUT2D eigenvalue weighted by Gasteiger charge is -2.20. The molecule has 0 amide bonds. The van der Waals surface area contributed by atoms with Crippen molar-refractivity contribution in [2.75, 3.05) is 10.6 Å². The van der Waals surface area contributed by atoms with E-state index in [1.807, 2.05) is 64.1 Å². The highest BCUT2D eigenvalue weighted by Crippen LogP contribution is 2.24. The predicted molar refractivity (Wildman–Crippen MR) is 141 cm³/mol. The van der Waals surface area contributed by atoms with E-state index in [1.54, 1.807) is 6.20 Å². The van der Waals surface area contributed by atoms with E-state index in [2.05, 4.69) is 37.1 Å². The number of aromatic nitrogens is 3. The lowest BCUT2D eigenvalue weighted by atomic mass is 10.0. The zero-order valence-corrected chi connectivity index (χ0v) is 21.1. The highest BCUT2D eigenvalue weighted by Gasteiger charge is 2.20. The van der Waals surface area contributed by atoms with Crippen LogP contribution in [-0.4, -0.2) is 31.5 Å². The summed E-state index contributed by atoms with van der Waals surface area (Å²) in [5, 5.41) is 17.2. The van der Waals surface area contributed by atoms with Gasteiger partial charge in [-0.15, -0.1) is 0 Å². The number of rotatable bonds is 9. The maximum Gasteiger partial charge on any atom is 0.326 e. The van der Waals surface area contributed by atoms with Gasteiger partial charge in [-0.3, -0.25) is 0 Å². The van der Waals surface area contributed by atoms with Gasteiger partial charge in [-0.05, 0) is 73.6 Å². The molecule has 180 valence electrons. The van der Waals surface area contributed by atoms with Gasteiger partial charge in [0.25, 0.3) is 0 Å². The van der Waals surface area contributed by atoms with Gasteiger partial charge in [0.1, 0.15) is 16.9 Å². The van der Waals surface area contributed by atoms with Crippen LogP contribution in [0.25, 0.3) is 11.4 Å². The minimum Gasteiger partial charge on any atom is -0.480 e. The Balaban J connectivity index is 1.41. The monoisotopic (exact) mass is 487 g/mol. The standard InChI is InChI=1S/C27H29N5O2S/c1-16-9-10-28-23(13-16)29-15-24-31-26(32-35-24)21-7-5-20(6-8-21)14-22(27(33)34)30-25-18(3)11-17(2)12-19(25)4/h5-13,22,30H,14-15H2,1-4H3,(H,28,29)(H,33,34). The molecule has 3 N–H and O–H groups in total. The Morgan fingerprint density at radius 3 is 2.37 bits per heavy atom. The number of carbonyl (C=O) groups is 1. The predicted octanol–water partition coefficient (Wildman–Crippen LogP) is 5.55. The maximum atomic E-state index is 12.0. The first-order valence-corrected chi connectivity index (χ1v) is 12.2. The van der Waals surface area contributed by atoms with Crippen molar-refractivity contribution in [2.45, 2.75) is 46.7 Å². The van der Waals surface area contributed by atoms with Gasteiger partial charge in [0, 0.05) is 23.9 Å². The average molecular weight is 488 g/mol. The smallest absolute Gasteiger partial charge is 0.326 e. The van der Waals surface area contributed by atoms with E-state index in [-0.39, 0.29) is 0 Å².